The van der Waals surface area contributed by atoms with E-state index in [0.717, 1.165) is 17.8 Å². The van der Waals surface area contributed by atoms with Crippen LogP contribution in [0.1, 0.15) is 33.6 Å². The molecule has 0 aliphatic rings. The number of benzene rings is 2. The first-order chi connectivity index (χ1) is 15.5. The molecule has 0 saturated heterocycles. The van der Waals surface area contributed by atoms with Crippen molar-refractivity contribution in [2.24, 2.45) is 0 Å². The van der Waals surface area contributed by atoms with Crippen molar-refractivity contribution in [3.8, 4) is 0 Å². The fourth-order valence-electron chi connectivity index (χ4n) is 3.43. The lowest BCUT2D eigenvalue weighted by Crippen LogP contribution is -2.41. The first-order valence-electron chi connectivity index (χ1n) is 10.4. The summed E-state index contributed by atoms with van der Waals surface area (Å²) in [5.74, 6) is -0.722. The Morgan fingerprint density at radius 1 is 1.09 bits per heavy atom. The highest BCUT2D eigenvalue weighted by atomic mass is 32.2. The van der Waals surface area contributed by atoms with Gasteiger partial charge in [-0.05, 0) is 41.7 Å². The van der Waals surface area contributed by atoms with E-state index in [0.29, 0.717) is 30.8 Å². The highest BCUT2D eigenvalue weighted by molar-refractivity contribution is 7.98. The van der Waals surface area contributed by atoms with Crippen LogP contribution in [0.15, 0.2) is 67.1 Å². The van der Waals surface area contributed by atoms with Gasteiger partial charge >= 0.3 is 5.97 Å². The van der Waals surface area contributed by atoms with Crippen molar-refractivity contribution >= 4 is 23.6 Å². The summed E-state index contributed by atoms with van der Waals surface area (Å²) in [6.07, 6.45) is 5.77. The molecule has 1 atom stereocenters. The molecule has 0 unspecified atom stereocenters. The number of aliphatic carboxylic acids is 1. The molecular weight excluding hydrogens is 424 g/mol. The molecule has 0 aliphatic heterocycles. The van der Waals surface area contributed by atoms with Crippen LogP contribution in [0.4, 0.5) is 0 Å². The van der Waals surface area contributed by atoms with E-state index in [1.807, 2.05) is 48.9 Å². The predicted molar refractivity (Wildman–Crippen MR) is 126 cm³/mol. The monoisotopic (exact) mass is 452 g/mol. The molecular formula is C24H28N4O3S. The third-order valence-corrected chi connectivity index (χ3v) is 5.65. The molecule has 168 valence electrons. The summed E-state index contributed by atoms with van der Waals surface area (Å²) in [5, 5.41) is 12.0. The summed E-state index contributed by atoms with van der Waals surface area (Å²) in [7, 11) is 0. The van der Waals surface area contributed by atoms with Crippen LogP contribution in [0.2, 0.25) is 0 Å². The second-order valence-electron chi connectivity index (χ2n) is 7.55. The molecule has 3 N–H and O–H groups in total. The molecule has 3 rings (SSSR count). The van der Waals surface area contributed by atoms with Crippen molar-refractivity contribution in [1.29, 1.82) is 0 Å². The quantitative estimate of drug-likeness (QED) is 0.389. The van der Waals surface area contributed by atoms with E-state index >= 15 is 0 Å². The van der Waals surface area contributed by atoms with Gasteiger partial charge < -0.3 is 15.4 Å². The van der Waals surface area contributed by atoms with Gasteiger partial charge in [0.2, 0.25) is 0 Å². The van der Waals surface area contributed by atoms with E-state index < -0.39 is 12.0 Å². The number of nitrogens with one attached hydrogen (secondary N) is 2. The first-order valence-corrected chi connectivity index (χ1v) is 11.8. The number of nitrogens with zero attached hydrogens (tertiary/aromatic N) is 2. The third-order valence-electron chi connectivity index (χ3n) is 5.01. The minimum atomic E-state index is -1.02. The van der Waals surface area contributed by atoms with E-state index in [-0.39, 0.29) is 5.91 Å². The van der Waals surface area contributed by atoms with Crippen LogP contribution in [0.5, 0.6) is 0 Å². The molecule has 7 nitrogen and oxygen atoms in total. The molecule has 1 aromatic heterocycles. The van der Waals surface area contributed by atoms with Crippen molar-refractivity contribution in [3.05, 3.63) is 89.5 Å². The Labute approximate surface area is 192 Å². The SMILES string of the molecule is CSCC[C@H](NC(=O)c1cccc(CN(Cc2ccccc2)Cc2cnc[nH]2)c1)C(=O)O. The predicted octanol–water partition coefficient (Wildman–Crippen LogP) is 3.55. The number of rotatable bonds is 12. The van der Waals surface area contributed by atoms with Gasteiger partial charge in [0, 0.05) is 37.1 Å². The lowest BCUT2D eigenvalue weighted by molar-refractivity contribution is -0.139. The molecule has 0 spiro atoms. The standard InChI is InChI=1S/C24H28N4O3S/c1-32-11-10-22(24(30)31)27-23(29)20-9-5-8-19(12-20)15-28(16-21-13-25-17-26-21)14-18-6-3-2-4-7-18/h2-9,12-13,17,22H,10-11,14-16H2,1H3,(H,25,26)(H,27,29)(H,30,31)/t22-/m0/s1. The number of H-pyrrole nitrogens is 1. The van der Waals surface area contributed by atoms with Crippen molar-refractivity contribution in [1.82, 2.24) is 20.2 Å². The minimum Gasteiger partial charge on any atom is -0.480 e. The fraction of sp³-hybridized carbons (Fsp3) is 0.292. The Morgan fingerprint density at radius 2 is 1.84 bits per heavy atom. The summed E-state index contributed by atoms with van der Waals surface area (Å²) in [6, 6.07) is 16.7. The maximum Gasteiger partial charge on any atom is 0.326 e. The molecule has 8 heteroatoms. The topological polar surface area (TPSA) is 98.3 Å². The molecule has 1 heterocycles. The fourth-order valence-corrected chi connectivity index (χ4v) is 3.90. The highest BCUT2D eigenvalue weighted by Gasteiger charge is 2.20. The molecule has 3 aromatic rings. The van der Waals surface area contributed by atoms with Gasteiger partial charge in [-0.15, -0.1) is 0 Å². The number of hydrogen-bond donors (Lipinski definition) is 3. The second kappa shape index (κ2) is 12.1. The molecule has 32 heavy (non-hydrogen) atoms. The summed E-state index contributed by atoms with van der Waals surface area (Å²) in [6.45, 7) is 2.05. The zero-order valence-electron chi connectivity index (χ0n) is 18.0. The molecule has 0 aliphatic carbocycles. The van der Waals surface area contributed by atoms with E-state index in [4.69, 9.17) is 0 Å². The minimum absolute atomic E-state index is 0.372. The number of amides is 1. The van der Waals surface area contributed by atoms with Gasteiger partial charge in [0.25, 0.3) is 5.91 Å². The number of carbonyl (C=O) groups excluding carboxylic acids is 1. The lowest BCUT2D eigenvalue weighted by Gasteiger charge is -2.22. The molecule has 0 bridgehead atoms. The first kappa shape index (κ1) is 23.6. The van der Waals surface area contributed by atoms with E-state index in [9.17, 15) is 14.7 Å². The summed E-state index contributed by atoms with van der Waals surface area (Å²) in [4.78, 5) is 33.7. The average Bonchev–Trinajstić information content (AvgIpc) is 3.30. The Balaban J connectivity index is 1.72. The zero-order valence-corrected chi connectivity index (χ0v) is 18.8. The molecule has 2 aromatic carbocycles. The van der Waals surface area contributed by atoms with Crippen molar-refractivity contribution in [2.45, 2.75) is 32.1 Å². The van der Waals surface area contributed by atoms with Gasteiger partial charge in [0.05, 0.1) is 6.33 Å². The van der Waals surface area contributed by atoms with Gasteiger partial charge in [0.15, 0.2) is 0 Å². The number of imidazole rings is 1. The number of carbonyl (C=O) groups is 2. The van der Waals surface area contributed by atoms with Crippen LogP contribution in [0.25, 0.3) is 0 Å². The molecule has 1 amide bonds. The van der Waals surface area contributed by atoms with Gasteiger partial charge in [0.1, 0.15) is 6.04 Å². The van der Waals surface area contributed by atoms with Gasteiger partial charge in [-0.2, -0.15) is 11.8 Å². The van der Waals surface area contributed by atoms with Crippen LogP contribution in [0.3, 0.4) is 0 Å². The second-order valence-corrected chi connectivity index (χ2v) is 8.54. The number of aromatic nitrogens is 2. The largest absolute Gasteiger partial charge is 0.480 e. The number of aromatic amines is 1. The Bertz CT molecular complexity index is 995. The van der Waals surface area contributed by atoms with E-state index in [2.05, 4.69) is 32.3 Å². The van der Waals surface area contributed by atoms with Crippen molar-refractivity contribution in [3.63, 3.8) is 0 Å². The van der Waals surface area contributed by atoms with Gasteiger partial charge in [-0.1, -0.05) is 42.5 Å². The van der Waals surface area contributed by atoms with Crippen LogP contribution in [-0.4, -0.2) is 49.9 Å². The Morgan fingerprint density at radius 3 is 2.53 bits per heavy atom. The van der Waals surface area contributed by atoms with Gasteiger partial charge in [-0.25, -0.2) is 9.78 Å². The van der Waals surface area contributed by atoms with Crippen molar-refractivity contribution < 1.29 is 14.7 Å². The maximum atomic E-state index is 12.7. The number of carboxylic acids is 1. The highest BCUT2D eigenvalue weighted by Crippen LogP contribution is 2.15. The average molecular weight is 453 g/mol. The number of carboxylic acid groups (broad SMARTS) is 1. The number of thioether (sulfide) groups is 1. The van der Waals surface area contributed by atoms with Gasteiger partial charge in [-0.3, -0.25) is 9.69 Å². The lowest BCUT2D eigenvalue weighted by atomic mass is 10.1. The molecule has 0 radical (unpaired) electrons. The van der Waals surface area contributed by atoms with Crippen LogP contribution in [0, 0.1) is 0 Å². The van der Waals surface area contributed by atoms with E-state index in [1.54, 1.807) is 24.2 Å². The van der Waals surface area contributed by atoms with Crippen molar-refractivity contribution in [2.75, 3.05) is 12.0 Å². The third kappa shape index (κ3) is 7.25. The van der Waals surface area contributed by atoms with Crippen LogP contribution >= 0.6 is 11.8 Å². The Kier molecular flexibility index (Phi) is 8.89. The van der Waals surface area contributed by atoms with E-state index in [1.165, 1.54) is 5.56 Å². The smallest absolute Gasteiger partial charge is 0.326 e. The molecule has 0 fully saturated rings. The Hall–Kier alpha value is -3.10. The summed E-state index contributed by atoms with van der Waals surface area (Å²) >= 11 is 1.55. The zero-order chi connectivity index (χ0) is 22.8. The summed E-state index contributed by atoms with van der Waals surface area (Å²) in [5.41, 5.74) is 3.63. The maximum absolute atomic E-state index is 12.7. The summed E-state index contributed by atoms with van der Waals surface area (Å²) < 4.78 is 0. The molecule has 0 saturated carbocycles. The van der Waals surface area contributed by atoms with Crippen LogP contribution < -0.4 is 5.32 Å². The number of hydrogen-bond acceptors (Lipinski definition) is 5. The van der Waals surface area contributed by atoms with Crippen LogP contribution in [-0.2, 0) is 24.4 Å². The normalized spacial score (nSPS) is 11.9.